The number of rotatable bonds is 1. The summed E-state index contributed by atoms with van der Waals surface area (Å²) in [7, 11) is 1.83. The van der Waals surface area contributed by atoms with E-state index in [4.69, 9.17) is 4.74 Å². The van der Waals surface area contributed by atoms with Gasteiger partial charge in [-0.2, -0.15) is 0 Å². The van der Waals surface area contributed by atoms with Crippen LogP contribution in [0.15, 0.2) is 12.2 Å². The smallest absolute Gasteiger partial charge is 0.0672 e. The van der Waals surface area contributed by atoms with Crippen molar-refractivity contribution in [2.45, 2.75) is 25.4 Å². The second-order valence-corrected chi connectivity index (χ2v) is 3.30. The van der Waals surface area contributed by atoms with Gasteiger partial charge in [-0.3, -0.25) is 0 Å². The van der Waals surface area contributed by atoms with Crippen LogP contribution in [0, 0.1) is 11.8 Å². The largest absolute Gasteiger partial charge is 0.381 e. The molecule has 0 heterocycles. The Balaban J connectivity index is 1.99. The Hall–Kier alpha value is -0.300. The van der Waals surface area contributed by atoms with E-state index in [0.29, 0.717) is 6.10 Å². The lowest BCUT2D eigenvalue weighted by Gasteiger charge is -1.95. The Morgan fingerprint density at radius 3 is 3.20 bits per heavy atom. The highest BCUT2D eigenvalue weighted by molar-refractivity contribution is 5.11. The Kier molecular flexibility index (Phi) is 1.53. The Morgan fingerprint density at radius 2 is 2.40 bits per heavy atom. The molecule has 3 atom stereocenters. The molecule has 1 fully saturated rings. The van der Waals surface area contributed by atoms with E-state index in [1.165, 1.54) is 19.3 Å². The van der Waals surface area contributed by atoms with Crippen LogP contribution in [0.4, 0.5) is 0 Å². The van der Waals surface area contributed by atoms with Crippen molar-refractivity contribution in [1.29, 1.82) is 0 Å². The highest BCUT2D eigenvalue weighted by Crippen LogP contribution is 2.47. The van der Waals surface area contributed by atoms with E-state index < -0.39 is 0 Å². The molecule has 0 aliphatic heterocycles. The van der Waals surface area contributed by atoms with E-state index in [2.05, 4.69) is 12.2 Å². The zero-order chi connectivity index (χ0) is 6.97. The molecular weight excluding hydrogens is 124 g/mol. The SMILES string of the molecule is COC1C2C=CCCCC21. The third-order valence-corrected chi connectivity index (χ3v) is 2.69. The monoisotopic (exact) mass is 138 g/mol. The van der Waals surface area contributed by atoms with Crippen molar-refractivity contribution < 1.29 is 4.74 Å². The first-order valence-electron chi connectivity index (χ1n) is 4.13. The zero-order valence-corrected chi connectivity index (χ0v) is 6.42. The molecule has 0 spiro atoms. The maximum absolute atomic E-state index is 5.31. The maximum atomic E-state index is 5.31. The van der Waals surface area contributed by atoms with Gasteiger partial charge in [0.25, 0.3) is 0 Å². The van der Waals surface area contributed by atoms with Gasteiger partial charge >= 0.3 is 0 Å². The molecule has 0 aromatic heterocycles. The number of fused-ring (bicyclic) bond motifs is 1. The van der Waals surface area contributed by atoms with Gasteiger partial charge in [0.1, 0.15) is 0 Å². The lowest BCUT2D eigenvalue weighted by molar-refractivity contribution is 0.162. The molecule has 0 saturated heterocycles. The van der Waals surface area contributed by atoms with Crippen LogP contribution in [0.5, 0.6) is 0 Å². The van der Waals surface area contributed by atoms with Crippen molar-refractivity contribution >= 4 is 0 Å². The highest BCUT2D eigenvalue weighted by atomic mass is 16.5. The van der Waals surface area contributed by atoms with Crippen molar-refractivity contribution in [2.24, 2.45) is 11.8 Å². The van der Waals surface area contributed by atoms with Gasteiger partial charge in [-0.25, -0.2) is 0 Å². The summed E-state index contributed by atoms with van der Waals surface area (Å²) in [4.78, 5) is 0. The molecule has 0 aromatic carbocycles. The number of ether oxygens (including phenoxy) is 1. The summed E-state index contributed by atoms with van der Waals surface area (Å²) < 4.78 is 5.31. The van der Waals surface area contributed by atoms with Crippen molar-refractivity contribution in [3.05, 3.63) is 12.2 Å². The molecule has 10 heavy (non-hydrogen) atoms. The lowest BCUT2D eigenvalue weighted by Crippen LogP contribution is -1.92. The normalized spacial score (nSPS) is 44.3. The molecule has 0 aromatic rings. The number of allylic oxidation sites excluding steroid dienone is 1. The van der Waals surface area contributed by atoms with Gasteiger partial charge < -0.3 is 4.74 Å². The highest BCUT2D eigenvalue weighted by Gasteiger charge is 2.48. The summed E-state index contributed by atoms with van der Waals surface area (Å²) in [5, 5.41) is 0. The molecule has 0 radical (unpaired) electrons. The van der Waals surface area contributed by atoms with Crippen LogP contribution < -0.4 is 0 Å². The Bertz CT molecular complexity index is 151. The quantitative estimate of drug-likeness (QED) is 0.503. The van der Waals surface area contributed by atoms with Gasteiger partial charge in [-0.1, -0.05) is 12.2 Å². The molecule has 2 rings (SSSR count). The van der Waals surface area contributed by atoms with E-state index in [1.807, 2.05) is 7.11 Å². The zero-order valence-electron chi connectivity index (χ0n) is 6.42. The van der Waals surface area contributed by atoms with Crippen LogP contribution in [0.25, 0.3) is 0 Å². The van der Waals surface area contributed by atoms with Gasteiger partial charge in [0.2, 0.25) is 0 Å². The summed E-state index contributed by atoms with van der Waals surface area (Å²) in [6, 6.07) is 0. The number of methoxy groups -OCH3 is 1. The molecule has 2 aliphatic rings. The molecule has 1 saturated carbocycles. The molecular formula is C9H14O. The van der Waals surface area contributed by atoms with Gasteiger partial charge in [-0.15, -0.1) is 0 Å². The second kappa shape index (κ2) is 2.39. The fraction of sp³-hybridized carbons (Fsp3) is 0.778. The standard InChI is InChI=1S/C9H14O/c1-10-9-7-5-3-2-4-6-8(7)9/h3,5,7-9H,2,4,6H2,1H3. The predicted molar refractivity (Wildman–Crippen MR) is 40.8 cm³/mol. The van der Waals surface area contributed by atoms with E-state index >= 15 is 0 Å². The molecule has 56 valence electrons. The van der Waals surface area contributed by atoms with Crippen molar-refractivity contribution in [3.63, 3.8) is 0 Å². The second-order valence-electron chi connectivity index (χ2n) is 3.30. The summed E-state index contributed by atoms with van der Waals surface area (Å²) in [6.45, 7) is 0. The Labute approximate surface area is 62.1 Å². The third kappa shape index (κ3) is 0.891. The topological polar surface area (TPSA) is 9.23 Å². The first-order valence-corrected chi connectivity index (χ1v) is 4.13. The van der Waals surface area contributed by atoms with Crippen molar-refractivity contribution in [3.8, 4) is 0 Å². The van der Waals surface area contributed by atoms with E-state index in [-0.39, 0.29) is 0 Å². The van der Waals surface area contributed by atoms with E-state index in [9.17, 15) is 0 Å². The van der Waals surface area contributed by atoms with Gasteiger partial charge in [-0.05, 0) is 25.2 Å². The molecule has 3 unspecified atom stereocenters. The van der Waals surface area contributed by atoms with Crippen LogP contribution in [0.1, 0.15) is 19.3 Å². The van der Waals surface area contributed by atoms with Crippen LogP contribution in [0.3, 0.4) is 0 Å². The molecule has 0 bridgehead atoms. The molecule has 1 heteroatoms. The first-order chi connectivity index (χ1) is 4.93. The summed E-state index contributed by atoms with van der Waals surface area (Å²) >= 11 is 0. The van der Waals surface area contributed by atoms with E-state index in [0.717, 1.165) is 11.8 Å². The van der Waals surface area contributed by atoms with Crippen LogP contribution >= 0.6 is 0 Å². The molecule has 2 aliphatic carbocycles. The molecule has 0 N–H and O–H groups in total. The van der Waals surface area contributed by atoms with Gasteiger partial charge in [0, 0.05) is 13.0 Å². The minimum absolute atomic E-state index is 0.566. The predicted octanol–water partition coefficient (Wildman–Crippen LogP) is 1.99. The fourth-order valence-electron chi connectivity index (χ4n) is 2.03. The molecule has 1 nitrogen and oxygen atoms in total. The average molecular weight is 138 g/mol. The molecule has 0 amide bonds. The number of hydrogen-bond acceptors (Lipinski definition) is 1. The van der Waals surface area contributed by atoms with Crippen molar-refractivity contribution in [2.75, 3.05) is 7.11 Å². The third-order valence-electron chi connectivity index (χ3n) is 2.69. The van der Waals surface area contributed by atoms with Crippen LogP contribution in [0.2, 0.25) is 0 Å². The summed E-state index contributed by atoms with van der Waals surface area (Å²) in [5.74, 6) is 1.64. The average Bonchev–Trinajstić information content (AvgIpc) is 2.59. The van der Waals surface area contributed by atoms with E-state index in [1.54, 1.807) is 0 Å². The first kappa shape index (κ1) is 6.41. The summed E-state index contributed by atoms with van der Waals surface area (Å²) in [6.07, 6.45) is 9.23. The fourth-order valence-corrected chi connectivity index (χ4v) is 2.03. The minimum atomic E-state index is 0.566. The lowest BCUT2D eigenvalue weighted by atomic mass is 10.2. The number of hydrogen-bond donors (Lipinski definition) is 0. The van der Waals surface area contributed by atoms with Gasteiger partial charge in [0.05, 0.1) is 6.10 Å². The van der Waals surface area contributed by atoms with Crippen LogP contribution in [-0.4, -0.2) is 13.2 Å². The minimum Gasteiger partial charge on any atom is -0.381 e. The maximum Gasteiger partial charge on any atom is 0.0672 e. The van der Waals surface area contributed by atoms with Gasteiger partial charge in [0.15, 0.2) is 0 Å². The Morgan fingerprint density at radius 1 is 1.50 bits per heavy atom. The summed E-state index contributed by atoms with van der Waals surface area (Å²) in [5.41, 5.74) is 0. The van der Waals surface area contributed by atoms with Crippen LogP contribution in [-0.2, 0) is 4.74 Å². The van der Waals surface area contributed by atoms with Crippen molar-refractivity contribution in [1.82, 2.24) is 0 Å².